The predicted molar refractivity (Wildman–Crippen MR) is 104 cm³/mol. The minimum absolute atomic E-state index is 0.0238. The number of rotatable bonds is 9. The van der Waals surface area contributed by atoms with E-state index in [1.54, 1.807) is 0 Å². The SMILES string of the molecule is CC(C)COC[C@@]1(N=[N+]=[N-])O[C@@H](n2ccc(N)nc2=O)[C@H](C)[C@@H]1OCC(C)C. The van der Waals surface area contributed by atoms with Crippen LogP contribution >= 0.6 is 0 Å². The van der Waals surface area contributed by atoms with Gasteiger partial charge in [0, 0.05) is 30.2 Å². The fourth-order valence-corrected chi connectivity index (χ4v) is 3.19. The number of anilines is 1. The Morgan fingerprint density at radius 3 is 2.64 bits per heavy atom. The van der Waals surface area contributed by atoms with Crippen LogP contribution in [0.4, 0.5) is 5.82 Å². The smallest absolute Gasteiger partial charge is 0.351 e. The van der Waals surface area contributed by atoms with Crippen LogP contribution in [-0.4, -0.2) is 41.2 Å². The summed E-state index contributed by atoms with van der Waals surface area (Å²) in [5.74, 6) is 0.403. The molecule has 10 nitrogen and oxygen atoms in total. The Labute approximate surface area is 164 Å². The van der Waals surface area contributed by atoms with Gasteiger partial charge in [0.1, 0.15) is 18.1 Å². The maximum absolute atomic E-state index is 12.3. The van der Waals surface area contributed by atoms with E-state index in [4.69, 9.17) is 19.9 Å². The van der Waals surface area contributed by atoms with E-state index in [2.05, 4.69) is 15.0 Å². The molecule has 4 atom stereocenters. The summed E-state index contributed by atoms with van der Waals surface area (Å²) in [6.45, 7) is 10.9. The lowest BCUT2D eigenvalue weighted by molar-refractivity contribution is -0.152. The van der Waals surface area contributed by atoms with Crippen LogP contribution in [0.15, 0.2) is 22.2 Å². The summed E-state index contributed by atoms with van der Waals surface area (Å²) in [5, 5.41) is 3.93. The van der Waals surface area contributed by atoms with Crippen molar-refractivity contribution in [2.24, 2.45) is 22.9 Å². The van der Waals surface area contributed by atoms with E-state index in [1.807, 2.05) is 34.6 Å². The monoisotopic (exact) mass is 394 g/mol. The molecule has 1 fully saturated rings. The number of aromatic nitrogens is 2. The normalized spacial score (nSPS) is 27.3. The highest BCUT2D eigenvalue weighted by Crippen LogP contribution is 2.44. The van der Waals surface area contributed by atoms with Crippen molar-refractivity contribution in [2.45, 2.75) is 52.7 Å². The highest BCUT2D eigenvalue weighted by molar-refractivity contribution is 5.23. The molecule has 0 radical (unpaired) electrons. The molecule has 10 heteroatoms. The van der Waals surface area contributed by atoms with Crippen molar-refractivity contribution in [3.63, 3.8) is 0 Å². The number of hydrogen-bond acceptors (Lipinski definition) is 7. The van der Waals surface area contributed by atoms with Gasteiger partial charge in [0.25, 0.3) is 0 Å². The topological polar surface area (TPSA) is 137 Å². The number of nitrogens with two attached hydrogens (primary N) is 1. The molecule has 0 aliphatic carbocycles. The third-order valence-electron chi connectivity index (χ3n) is 4.41. The van der Waals surface area contributed by atoms with Gasteiger partial charge in [-0.1, -0.05) is 39.7 Å². The Bertz CT molecular complexity index is 761. The number of hydrogen-bond donors (Lipinski definition) is 1. The average Bonchev–Trinajstić information content (AvgIpc) is 2.85. The molecule has 1 aromatic rings. The van der Waals surface area contributed by atoms with Crippen LogP contribution in [0.1, 0.15) is 40.8 Å². The Morgan fingerprint density at radius 2 is 2.07 bits per heavy atom. The number of azide groups is 1. The minimum atomic E-state index is -1.39. The van der Waals surface area contributed by atoms with Gasteiger partial charge in [-0.05, 0) is 23.4 Å². The molecule has 1 aromatic heterocycles. The van der Waals surface area contributed by atoms with E-state index in [9.17, 15) is 10.3 Å². The van der Waals surface area contributed by atoms with E-state index in [0.29, 0.717) is 19.1 Å². The standard InChI is InChI=1S/C18H30N6O4/c1-11(2)8-26-10-18(22-23-20)15(27-9-12(3)4)13(5)16(28-18)24-7-6-14(19)21-17(24)25/h6-7,11-13,15-16H,8-10H2,1-5H3,(H2,19,21,25)/t13-,15+,16-,18-/m1/s1. The summed E-state index contributed by atoms with van der Waals surface area (Å²) >= 11 is 0. The minimum Gasteiger partial charge on any atom is -0.383 e. The molecule has 1 saturated heterocycles. The summed E-state index contributed by atoms with van der Waals surface area (Å²) in [5.41, 5.74) is 12.9. The van der Waals surface area contributed by atoms with Gasteiger partial charge in [-0.25, -0.2) is 4.79 Å². The Kier molecular flexibility index (Phi) is 7.42. The molecule has 1 aliphatic rings. The van der Waals surface area contributed by atoms with E-state index >= 15 is 0 Å². The maximum Gasteiger partial charge on any atom is 0.351 e. The van der Waals surface area contributed by atoms with Gasteiger partial charge in [-0.3, -0.25) is 4.57 Å². The first kappa shape index (κ1) is 22.2. The van der Waals surface area contributed by atoms with Crippen LogP contribution in [0.3, 0.4) is 0 Å². The molecule has 156 valence electrons. The van der Waals surface area contributed by atoms with Gasteiger partial charge in [0.05, 0.1) is 6.61 Å². The molecular weight excluding hydrogens is 364 g/mol. The zero-order valence-electron chi connectivity index (χ0n) is 17.1. The first-order valence-corrected chi connectivity index (χ1v) is 9.48. The fourth-order valence-electron chi connectivity index (χ4n) is 3.19. The van der Waals surface area contributed by atoms with Crippen LogP contribution in [0.2, 0.25) is 0 Å². The lowest BCUT2D eigenvalue weighted by Gasteiger charge is -2.31. The van der Waals surface area contributed by atoms with Crippen molar-refractivity contribution >= 4 is 5.82 Å². The Hall–Kier alpha value is -2.13. The first-order chi connectivity index (χ1) is 13.2. The quantitative estimate of drug-likeness (QED) is 0.388. The van der Waals surface area contributed by atoms with Gasteiger partial charge in [0.15, 0.2) is 5.72 Å². The van der Waals surface area contributed by atoms with E-state index in [-0.39, 0.29) is 24.3 Å². The largest absolute Gasteiger partial charge is 0.383 e. The highest BCUT2D eigenvalue weighted by Gasteiger charge is 2.55. The van der Waals surface area contributed by atoms with E-state index in [1.165, 1.54) is 16.8 Å². The summed E-state index contributed by atoms with van der Waals surface area (Å²) in [6, 6.07) is 1.52. The van der Waals surface area contributed by atoms with Crippen molar-refractivity contribution < 1.29 is 14.2 Å². The van der Waals surface area contributed by atoms with E-state index < -0.39 is 23.7 Å². The first-order valence-electron chi connectivity index (χ1n) is 9.48. The van der Waals surface area contributed by atoms with Crippen molar-refractivity contribution in [1.29, 1.82) is 0 Å². The molecule has 0 bridgehead atoms. The van der Waals surface area contributed by atoms with Crippen LogP contribution in [0, 0.1) is 17.8 Å². The maximum atomic E-state index is 12.3. The van der Waals surface area contributed by atoms with Gasteiger partial charge in [0.2, 0.25) is 0 Å². The molecule has 1 aliphatic heterocycles. The Morgan fingerprint density at radius 1 is 1.39 bits per heavy atom. The predicted octanol–water partition coefficient (Wildman–Crippen LogP) is 2.71. The number of ether oxygens (including phenoxy) is 3. The molecule has 2 heterocycles. The average molecular weight is 394 g/mol. The van der Waals surface area contributed by atoms with Crippen molar-refractivity contribution in [2.75, 3.05) is 25.6 Å². The van der Waals surface area contributed by atoms with Crippen LogP contribution in [0.25, 0.3) is 10.4 Å². The van der Waals surface area contributed by atoms with Gasteiger partial charge >= 0.3 is 5.69 Å². The molecule has 0 amide bonds. The Balaban J connectivity index is 2.40. The zero-order valence-corrected chi connectivity index (χ0v) is 17.1. The van der Waals surface area contributed by atoms with Gasteiger partial charge in [-0.15, -0.1) is 0 Å². The van der Waals surface area contributed by atoms with Crippen LogP contribution in [-0.2, 0) is 14.2 Å². The molecule has 0 aromatic carbocycles. The van der Waals surface area contributed by atoms with Crippen LogP contribution < -0.4 is 11.4 Å². The molecule has 0 spiro atoms. The molecular formula is C18H30N6O4. The summed E-state index contributed by atoms with van der Waals surface area (Å²) in [7, 11) is 0. The highest BCUT2D eigenvalue weighted by atomic mass is 16.6. The molecule has 0 saturated carbocycles. The molecule has 2 rings (SSSR count). The summed E-state index contributed by atoms with van der Waals surface area (Å²) in [6.07, 6.45) is 0.199. The van der Waals surface area contributed by atoms with E-state index in [0.717, 1.165) is 0 Å². The third kappa shape index (κ3) is 5.02. The zero-order chi connectivity index (χ0) is 20.9. The van der Waals surface area contributed by atoms with Gasteiger partial charge in [-0.2, -0.15) is 4.98 Å². The third-order valence-corrected chi connectivity index (χ3v) is 4.41. The fraction of sp³-hybridized carbons (Fsp3) is 0.778. The number of nitrogen functional groups attached to an aromatic ring is 1. The van der Waals surface area contributed by atoms with Gasteiger partial charge < -0.3 is 19.9 Å². The summed E-state index contributed by atoms with van der Waals surface area (Å²) < 4.78 is 19.3. The van der Waals surface area contributed by atoms with Crippen molar-refractivity contribution in [3.8, 4) is 0 Å². The second-order valence-electron chi connectivity index (χ2n) is 8.00. The molecule has 2 N–H and O–H groups in total. The van der Waals surface area contributed by atoms with Crippen molar-refractivity contribution in [1.82, 2.24) is 9.55 Å². The summed E-state index contributed by atoms with van der Waals surface area (Å²) in [4.78, 5) is 19.1. The van der Waals surface area contributed by atoms with Crippen molar-refractivity contribution in [3.05, 3.63) is 33.2 Å². The van der Waals surface area contributed by atoms with Crippen LogP contribution in [0.5, 0.6) is 0 Å². The lowest BCUT2D eigenvalue weighted by atomic mass is 9.97. The molecule has 28 heavy (non-hydrogen) atoms. The number of nitrogens with zero attached hydrogens (tertiary/aromatic N) is 5. The molecule has 0 unspecified atom stereocenters. The lowest BCUT2D eigenvalue weighted by Crippen LogP contribution is -2.45. The second-order valence-corrected chi connectivity index (χ2v) is 8.00. The second kappa shape index (κ2) is 9.38.